The molecule has 0 aliphatic rings. The van der Waals surface area contributed by atoms with Gasteiger partial charge in [0.1, 0.15) is 12.3 Å². The molecule has 0 aromatic heterocycles. The topological polar surface area (TPSA) is 83.9 Å². The molecule has 0 amide bonds. The van der Waals surface area contributed by atoms with Gasteiger partial charge in [-0.2, -0.15) is 0 Å². The molecule has 2 rings (SSSR count). The lowest BCUT2D eigenvalue weighted by molar-refractivity contribution is -0.135. The van der Waals surface area contributed by atoms with E-state index < -0.39 is 22.5 Å². The van der Waals surface area contributed by atoms with E-state index in [9.17, 15) is 13.2 Å². The van der Waals surface area contributed by atoms with Crippen LogP contribution >= 0.6 is 0 Å². The van der Waals surface area contributed by atoms with E-state index in [1.807, 2.05) is 6.92 Å². The Morgan fingerprint density at radius 2 is 1.70 bits per heavy atom. The third kappa shape index (κ3) is 4.01. The van der Waals surface area contributed by atoms with E-state index in [4.69, 9.17) is 9.84 Å². The van der Waals surface area contributed by atoms with Crippen LogP contribution < -0.4 is 9.04 Å². The van der Waals surface area contributed by atoms with Crippen LogP contribution in [0, 0.1) is 0 Å². The highest BCUT2D eigenvalue weighted by Crippen LogP contribution is 2.25. The van der Waals surface area contributed by atoms with Crippen LogP contribution in [0.1, 0.15) is 6.92 Å². The zero-order chi connectivity index (χ0) is 16.9. The summed E-state index contributed by atoms with van der Waals surface area (Å²) in [5, 5.41) is 9.06. The number of anilines is 1. The Bertz CT molecular complexity index is 757. The van der Waals surface area contributed by atoms with E-state index in [1.165, 1.54) is 24.3 Å². The predicted molar refractivity (Wildman–Crippen MR) is 86.2 cm³/mol. The van der Waals surface area contributed by atoms with Crippen LogP contribution in [0.2, 0.25) is 0 Å². The normalized spacial score (nSPS) is 11.0. The molecule has 0 saturated heterocycles. The second-order valence-corrected chi connectivity index (χ2v) is 6.51. The number of carboxylic acids is 1. The van der Waals surface area contributed by atoms with Crippen molar-refractivity contribution in [3.05, 3.63) is 54.6 Å². The Balaban J connectivity index is 2.43. The maximum Gasteiger partial charge on any atom is 0.324 e. The van der Waals surface area contributed by atoms with Gasteiger partial charge in [-0.05, 0) is 43.3 Å². The molecule has 0 aliphatic carbocycles. The molecule has 0 radical (unpaired) electrons. The molecular formula is C16H17NO5S. The van der Waals surface area contributed by atoms with Crippen molar-refractivity contribution in [1.29, 1.82) is 0 Å². The van der Waals surface area contributed by atoms with E-state index in [2.05, 4.69) is 0 Å². The highest BCUT2D eigenvalue weighted by Gasteiger charge is 2.26. The van der Waals surface area contributed by atoms with Crippen LogP contribution in [-0.4, -0.2) is 32.6 Å². The summed E-state index contributed by atoms with van der Waals surface area (Å²) in [7, 11) is -3.96. The van der Waals surface area contributed by atoms with Gasteiger partial charge in [0, 0.05) is 0 Å². The molecule has 0 saturated carbocycles. The third-order valence-corrected chi connectivity index (χ3v) is 4.83. The molecule has 0 aliphatic heterocycles. The van der Waals surface area contributed by atoms with Crippen molar-refractivity contribution in [3.8, 4) is 5.75 Å². The number of aliphatic carboxylic acids is 1. The monoisotopic (exact) mass is 335 g/mol. The number of benzene rings is 2. The number of hydrogen-bond donors (Lipinski definition) is 1. The van der Waals surface area contributed by atoms with Gasteiger partial charge in [0.2, 0.25) is 0 Å². The van der Waals surface area contributed by atoms with Crippen molar-refractivity contribution in [1.82, 2.24) is 0 Å². The second kappa shape index (κ2) is 7.15. The Kier molecular flexibility index (Phi) is 5.23. The van der Waals surface area contributed by atoms with Crippen LogP contribution in [-0.2, 0) is 14.8 Å². The number of rotatable bonds is 7. The molecule has 2 aromatic carbocycles. The lowest BCUT2D eigenvalue weighted by atomic mass is 10.3. The van der Waals surface area contributed by atoms with E-state index in [1.54, 1.807) is 30.3 Å². The quantitative estimate of drug-likeness (QED) is 0.840. The number of nitrogens with zero attached hydrogens (tertiary/aromatic N) is 1. The molecule has 7 heteroatoms. The van der Waals surface area contributed by atoms with Gasteiger partial charge in [0.25, 0.3) is 10.0 Å². The minimum atomic E-state index is -3.96. The fourth-order valence-electron chi connectivity index (χ4n) is 2.03. The fourth-order valence-corrected chi connectivity index (χ4v) is 3.47. The first-order valence-electron chi connectivity index (χ1n) is 6.97. The molecule has 0 spiro atoms. The van der Waals surface area contributed by atoms with Crippen LogP contribution in [0.5, 0.6) is 5.75 Å². The van der Waals surface area contributed by atoms with Crippen molar-refractivity contribution < 1.29 is 23.1 Å². The molecule has 2 aromatic rings. The van der Waals surface area contributed by atoms with Gasteiger partial charge < -0.3 is 9.84 Å². The maximum absolute atomic E-state index is 12.7. The number of ether oxygens (including phenoxy) is 1. The largest absolute Gasteiger partial charge is 0.494 e. The molecule has 0 heterocycles. The highest BCUT2D eigenvalue weighted by molar-refractivity contribution is 7.92. The van der Waals surface area contributed by atoms with Crippen LogP contribution in [0.15, 0.2) is 59.5 Å². The third-order valence-electron chi connectivity index (χ3n) is 3.05. The van der Waals surface area contributed by atoms with Crippen molar-refractivity contribution >= 4 is 21.7 Å². The van der Waals surface area contributed by atoms with E-state index in [0.717, 1.165) is 4.31 Å². The van der Waals surface area contributed by atoms with Crippen LogP contribution in [0.4, 0.5) is 5.69 Å². The molecule has 0 fully saturated rings. The summed E-state index contributed by atoms with van der Waals surface area (Å²) >= 11 is 0. The van der Waals surface area contributed by atoms with E-state index in [0.29, 0.717) is 12.4 Å². The summed E-state index contributed by atoms with van der Waals surface area (Å²) in [6.45, 7) is 1.66. The van der Waals surface area contributed by atoms with Gasteiger partial charge in [0.05, 0.1) is 17.2 Å². The summed E-state index contributed by atoms with van der Waals surface area (Å²) < 4.78 is 31.6. The Morgan fingerprint density at radius 3 is 2.22 bits per heavy atom. The Morgan fingerprint density at radius 1 is 1.09 bits per heavy atom. The van der Waals surface area contributed by atoms with E-state index in [-0.39, 0.29) is 10.6 Å². The fraction of sp³-hybridized carbons (Fsp3) is 0.188. The molecule has 6 nitrogen and oxygen atoms in total. The molecular weight excluding hydrogens is 318 g/mol. The average molecular weight is 335 g/mol. The maximum atomic E-state index is 12.7. The van der Waals surface area contributed by atoms with Gasteiger partial charge >= 0.3 is 5.97 Å². The molecule has 1 N–H and O–H groups in total. The van der Waals surface area contributed by atoms with Crippen molar-refractivity contribution in [2.24, 2.45) is 0 Å². The molecule has 0 unspecified atom stereocenters. The zero-order valence-corrected chi connectivity index (χ0v) is 13.4. The smallest absolute Gasteiger partial charge is 0.324 e. The standard InChI is InChI=1S/C16H17NO5S/c1-2-22-14-10-8-13(9-11-14)17(12-16(18)19)23(20,21)15-6-4-3-5-7-15/h3-11H,2,12H2,1H3,(H,18,19). The minimum Gasteiger partial charge on any atom is -0.494 e. The molecule has 122 valence electrons. The first-order chi connectivity index (χ1) is 10.9. The number of carboxylic acid groups (broad SMARTS) is 1. The summed E-state index contributed by atoms with van der Waals surface area (Å²) in [6.07, 6.45) is 0. The van der Waals surface area contributed by atoms with Gasteiger partial charge in [-0.1, -0.05) is 18.2 Å². The zero-order valence-electron chi connectivity index (χ0n) is 12.5. The van der Waals surface area contributed by atoms with Gasteiger partial charge in [-0.25, -0.2) is 8.42 Å². The Labute approximate surface area is 135 Å². The molecule has 0 atom stereocenters. The van der Waals surface area contributed by atoms with Gasteiger partial charge in [0.15, 0.2) is 0 Å². The van der Waals surface area contributed by atoms with Crippen LogP contribution in [0.3, 0.4) is 0 Å². The first kappa shape index (κ1) is 16.8. The van der Waals surface area contributed by atoms with E-state index >= 15 is 0 Å². The predicted octanol–water partition coefficient (Wildman–Crippen LogP) is 2.37. The van der Waals surface area contributed by atoms with Crippen molar-refractivity contribution in [2.45, 2.75) is 11.8 Å². The minimum absolute atomic E-state index is 0.0372. The summed E-state index contributed by atoms with van der Waals surface area (Å²) in [4.78, 5) is 11.1. The second-order valence-electron chi connectivity index (χ2n) is 4.65. The van der Waals surface area contributed by atoms with Gasteiger partial charge in [-0.3, -0.25) is 9.10 Å². The van der Waals surface area contributed by atoms with Crippen molar-refractivity contribution in [3.63, 3.8) is 0 Å². The Hall–Kier alpha value is -2.54. The average Bonchev–Trinajstić information content (AvgIpc) is 2.54. The van der Waals surface area contributed by atoms with Crippen molar-refractivity contribution in [2.75, 3.05) is 17.5 Å². The summed E-state index contributed by atoms with van der Waals surface area (Å²) in [5.41, 5.74) is 0.264. The lowest BCUT2D eigenvalue weighted by Gasteiger charge is -2.23. The molecule has 23 heavy (non-hydrogen) atoms. The summed E-state index contributed by atoms with van der Waals surface area (Å²) in [5.74, 6) is -0.651. The summed E-state index contributed by atoms with van der Waals surface area (Å²) in [6, 6.07) is 14.0. The lowest BCUT2D eigenvalue weighted by Crippen LogP contribution is -2.35. The first-order valence-corrected chi connectivity index (χ1v) is 8.41. The number of hydrogen-bond acceptors (Lipinski definition) is 4. The molecule has 0 bridgehead atoms. The highest BCUT2D eigenvalue weighted by atomic mass is 32.2. The van der Waals surface area contributed by atoms with Crippen LogP contribution in [0.25, 0.3) is 0 Å². The SMILES string of the molecule is CCOc1ccc(N(CC(=O)O)S(=O)(=O)c2ccccc2)cc1. The number of carbonyl (C=O) groups is 1. The number of sulfonamides is 1. The van der Waals surface area contributed by atoms with Gasteiger partial charge in [-0.15, -0.1) is 0 Å².